The number of hydrogen-bond acceptors (Lipinski definition) is 3. The summed E-state index contributed by atoms with van der Waals surface area (Å²) in [6.45, 7) is 11.3. The highest BCUT2D eigenvalue weighted by molar-refractivity contribution is 5.32. The maximum absolute atomic E-state index is 6.41. The molecular formula is C29H38N2O. The van der Waals surface area contributed by atoms with Crippen LogP contribution in [0.3, 0.4) is 0 Å². The van der Waals surface area contributed by atoms with Crippen molar-refractivity contribution in [3.63, 3.8) is 0 Å². The Kier molecular flexibility index (Phi) is 9.96. The normalized spacial score (nSPS) is 12.6. The second kappa shape index (κ2) is 13.2. The summed E-state index contributed by atoms with van der Waals surface area (Å²) < 4.78 is 0. The van der Waals surface area contributed by atoms with Crippen LogP contribution in [0.25, 0.3) is 0 Å². The average Bonchev–Trinajstić information content (AvgIpc) is 2.87. The largest absolute Gasteiger partial charge is 0.302 e. The van der Waals surface area contributed by atoms with E-state index in [1.54, 1.807) is 0 Å². The maximum atomic E-state index is 6.41. The molecule has 3 aromatic rings. The zero-order valence-corrected chi connectivity index (χ0v) is 19.9. The van der Waals surface area contributed by atoms with E-state index < -0.39 is 0 Å². The van der Waals surface area contributed by atoms with Crippen LogP contribution >= 0.6 is 0 Å². The van der Waals surface area contributed by atoms with Gasteiger partial charge in [-0.1, -0.05) is 105 Å². The van der Waals surface area contributed by atoms with Crippen molar-refractivity contribution in [1.82, 2.24) is 9.96 Å². The van der Waals surface area contributed by atoms with E-state index in [0.29, 0.717) is 12.5 Å². The molecule has 170 valence electrons. The first-order valence-electron chi connectivity index (χ1n) is 12.0. The number of hydrogen-bond donors (Lipinski definition) is 0. The fraction of sp³-hybridized carbons (Fsp3) is 0.379. The van der Waals surface area contributed by atoms with E-state index in [1.807, 2.05) is 0 Å². The molecule has 0 radical (unpaired) electrons. The Morgan fingerprint density at radius 1 is 0.656 bits per heavy atom. The molecule has 0 heterocycles. The molecule has 0 aliphatic rings. The predicted octanol–water partition coefficient (Wildman–Crippen LogP) is 6.55. The number of likely N-dealkylation sites (N-methyl/N-ethyl adjacent to an activating group) is 1. The molecular weight excluding hydrogens is 392 g/mol. The van der Waals surface area contributed by atoms with Gasteiger partial charge in [0, 0.05) is 19.0 Å². The summed E-state index contributed by atoms with van der Waals surface area (Å²) in [6, 6.07) is 32.5. The van der Waals surface area contributed by atoms with Gasteiger partial charge >= 0.3 is 0 Å². The van der Waals surface area contributed by atoms with Gasteiger partial charge in [-0.15, -0.1) is 0 Å². The van der Waals surface area contributed by atoms with Crippen LogP contribution in [0.15, 0.2) is 91.0 Å². The van der Waals surface area contributed by atoms with Gasteiger partial charge in [0.05, 0.1) is 12.6 Å². The fourth-order valence-corrected chi connectivity index (χ4v) is 4.25. The van der Waals surface area contributed by atoms with Gasteiger partial charge in [-0.05, 0) is 43.1 Å². The van der Waals surface area contributed by atoms with Crippen LogP contribution in [0.4, 0.5) is 0 Å². The molecule has 0 aromatic heterocycles. The molecule has 0 unspecified atom stereocenters. The third kappa shape index (κ3) is 7.03. The van der Waals surface area contributed by atoms with Gasteiger partial charge in [-0.3, -0.25) is 4.84 Å². The molecule has 0 fully saturated rings. The van der Waals surface area contributed by atoms with Crippen LogP contribution in [0.1, 0.15) is 55.8 Å². The van der Waals surface area contributed by atoms with Crippen molar-refractivity contribution in [3.8, 4) is 0 Å². The van der Waals surface area contributed by atoms with Gasteiger partial charge in [0.2, 0.25) is 0 Å². The predicted molar refractivity (Wildman–Crippen MR) is 135 cm³/mol. The van der Waals surface area contributed by atoms with Crippen LogP contribution in [-0.4, -0.2) is 42.7 Å². The molecule has 0 bridgehead atoms. The van der Waals surface area contributed by atoms with Crippen molar-refractivity contribution in [3.05, 3.63) is 108 Å². The van der Waals surface area contributed by atoms with E-state index in [-0.39, 0.29) is 6.04 Å². The number of nitrogens with zero attached hydrogens (tertiary/aromatic N) is 2. The smallest absolute Gasteiger partial charge is 0.0812 e. The Balaban J connectivity index is 1.75. The maximum Gasteiger partial charge on any atom is 0.0812 e. The molecule has 3 aromatic carbocycles. The van der Waals surface area contributed by atoms with E-state index in [1.165, 1.54) is 16.7 Å². The van der Waals surface area contributed by atoms with E-state index in [0.717, 1.165) is 32.6 Å². The van der Waals surface area contributed by atoms with Crippen molar-refractivity contribution in [2.75, 3.05) is 32.8 Å². The summed E-state index contributed by atoms with van der Waals surface area (Å²) in [5.41, 5.74) is 4.00. The zero-order valence-electron chi connectivity index (χ0n) is 19.9. The minimum Gasteiger partial charge on any atom is -0.302 e. The minimum absolute atomic E-state index is 0.195. The number of hydroxylamine groups is 2. The quantitative estimate of drug-likeness (QED) is 0.286. The van der Waals surface area contributed by atoms with Crippen LogP contribution in [0.5, 0.6) is 0 Å². The summed E-state index contributed by atoms with van der Waals surface area (Å²) >= 11 is 0. The average molecular weight is 431 g/mol. The summed E-state index contributed by atoms with van der Waals surface area (Å²) in [6.07, 6.45) is 0.996. The molecule has 0 aliphatic carbocycles. The number of rotatable bonds is 13. The lowest BCUT2D eigenvalue weighted by Gasteiger charge is -2.31. The molecule has 0 saturated heterocycles. The number of benzene rings is 3. The molecule has 0 N–H and O–H groups in total. The third-order valence-corrected chi connectivity index (χ3v) is 6.32. The first kappa shape index (κ1) is 24.2. The van der Waals surface area contributed by atoms with E-state index in [4.69, 9.17) is 4.84 Å². The molecule has 32 heavy (non-hydrogen) atoms. The van der Waals surface area contributed by atoms with Crippen LogP contribution in [0.2, 0.25) is 0 Å². The minimum atomic E-state index is 0.195. The Morgan fingerprint density at radius 2 is 1.12 bits per heavy atom. The van der Waals surface area contributed by atoms with Crippen molar-refractivity contribution >= 4 is 0 Å². The highest BCUT2D eigenvalue weighted by Crippen LogP contribution is 2.30. The Hall–Kier alpha value is -2.46. The molecule has 0 spiro atoms. The van der Waals surface area contributed by atoms with Crippen molar-refractivity contribution in [2.45, 2.75) is 39.2 Å². The van der Waals surface area contributed by atoms with E-state index in [2.05, 4.69) is 122 Å². The van der Waals surface area contributed by atoms with Crippen molar-refractivity contribution in [2.24, 2.45) is 0 Å². The van der Waals surface area contributed by atoms with E-state index in [9.17, 15) is 0 Å². The summed E-state index contributed by atoms with van der Waals surface area (Å²) in [4.78, 5) is 8.81. The highest BCUT2D eigenvalue weighted by Gasteiger charge is 2.21. The molecule has 3 nitrogen and oxygen atoms in total. The molecule has 1 atom stereocenters. The van der Waals surface area contributed by atoms with Crippen LogP contribution in [0, 0.1) is 0 Å². The Morgan fingerprint density at radius 3 is 1.59 bits per heavy atom. The summed E-state index contributed by atoms with van der Waals surface area (Å²) in [5.74, 6) is 0.342. The lowest BCUT2D eigenvalue weighted by Crippen LogP contribution is -2.34. The first-order valence-corrected chi connectivity index (χ1v) is 12.0. The molecule has 3 rings (SSSR count). The standard InChI is InChI=1S/C29H38N2O/c1-4-30(5-2)23-24-32-31(25(3)26-15-9-6-10-16-26)22-21-29(27-17-11-7-12-18-27)28-19-13-8-14-20-28/h6-20,25,29H,4-5,21-24H2,1-3H3/t25-/m1/s1. The molecule has 0 saturated carbocycles. The zero-order chi connectivity index (χ0) is 22.6. The van der Waals surface area contributed by atoms with E-state index >= 15 is 0 Å². The van der Waals surface area contributed by atoms with Gasteiger partial charge in [-0.2, -0.15) is 5.06 Å². The molecule has 3 heteroatoms. The third-order valence-electron chi connectivity index (χ3n) is 6.32. The lowest BCUT2D eigenvalue weighted by atomic mass is 9.88. The lowest BCUT2D eigenvalue weighted by molar-refractivity contribution is -0.188. The first-order chi connectivity index (χ1) is 15.7. The van der Waals surface area contributed by atoms with Gasteiger partial charge in [-0.25, -0.2) is 0 Å². The van der Waals surface area contributed by atoms with Gasteiger partial charge in [0.15, 0.2) is 0 Å². The Labute approximate surface area is 194 Å². The van der Waals surface area contributed by atoms with Crippen LogP contribution < -0.4 is 0 Å². The highest BCUT2D eigenvalue weighted by atomic mass is 16.7. The topological polar surface area (TPSA) is 15.7 Å². The fourth-order valence-electron chi connectivity index (χ4n) is 4.25. The van der Waals surface area contributed by atoms with Crippen molar-refractivity contribution in [1.29, 1.82) is 0 Å². The summed E-state index contributed by atoms with van der Waals surface area (Å²) in [5, 5.41) is 2.19. The summed E-state index contributed by atoms with van der Waals surface area (Å²) in [7, 11) is 0. The monoisotopic (exact) mass is 430 g/mol. The van der Waals surface area contributed by atoms with Gasteiger partial charge in [0.1, 0.15) is 0 Å². The second-order valence-electron chi connectivity index (χ2n) is 8.25. The van der Waals surface area contributed by atoms with Crippen molar-refractivity contribution < 1.29 is 4.84 Å². The molecule has 0 aliphatic heterocycles. The van der Waals surface area contributed by atoms with Crippen LogP contribution in [-0.2, 0) is 4.84 Å². The van der Waals surface area contributed by atoms with Gasteiger partial charge < -0.3 is 4.90 Å². The molecule has 0 amide bonds. The second-order valence-corrected chi connectivity index (χ2v) is 8.25. The van der Waals surface area contributed by atoms with Gasteiger partial charge in [0.25, 0.3) is 0 Å². The SMILES string of the molecule is CCN(CC)CCON(CCC(c1ccccc1)c1ccccc1)[C@H](C)c1ccccc1. The Bertz CT molecular complexity index is 826.